The Morgan fingerprint density at radius 3 is 2.81 bits per heavy atom. The van der Waals surface area contributed by atoms with Crippen molar-refractivity contribution in [1.29, 1.82) is 0 Å². The standard InChI is InChI=1S/C18H23N3O5/c1-3-23-13-8-7-12(10-15(13)24-4-2)17(22)19-11-16-20-18(26-21-16)14-6-5-9-25-14/h7-8,10,14H,3-6,9,11H2,1-2H3,(H,19,22). The lowest BCUT2D eigenvalue weighted by Crippen LogP contribution is -2.23. The average Bonchev–Trinajstić information content (AvgIpc) is 3.33. The second-order valence-electron chi connectivity index (χ2n) is 5.76. The van der Waals surface area contributed by atoms with Gasteiger partial charge in [0.1, 0.15) is 6.10 Å². The number of hydrogen-bond donors (Lipinski definition) is 1. The van der Waals surface area contributed by atoms with Gasteiger partial charge in [0.05, 0.1) is 19.8 Å². The summed E-state index contributed by atoms with van der Waals surface area (Å²) in [5.74, 6) is 1.79. The van der Waals surface area contributed by atoms with E-state index in [0.717, 1.165) is 12.8 Å². The molecule has 1 aromatic heterocycles. The van der Waals surface area contributed by atoms with Crippen LogP contribution in [0.15, 0.2) is 22.7 Å². The highest BCUT2D eigenvalue weighted by Gasteiger charge is 2.24. The maximum absolute atomic E-state index is 12.4. The van der Waals surface area contributed by atoms with Crippen LogP contribution in [0.3, 0.4) is 0 Å². The third kappa shape index (κ3) is 4.32. The average molecular weight is 361 g/mol. The van der Waals surface area contributed by atoms with E-state index >= 15 is 0 Å². The molecule has 1 saturated heterocycles. The Bertz CT molecular complexity index is 740. The fourth-order valence-corrected chi connectivity index (χ4v) is 2.70. The van der Waals surface area contributed by atoms with E-state index in [1.54, 1.807) is 18.2 Å². The molecule has 0 spiro atoms. The quantitative estimate of drug-likeness (QED) is 0.772. The molecule has 1 aliphatic heterocycles. The Labute approximate surface area is 151 Å². The highest BCUT2D eigenvalue weighted by Crippen LogP contribution is 2.29. The van der Waals surface area contributed by atoms with Crippen LogP contribution in [0.5, 0.6) is 11.5 Å². The maximum Gasteiger partial charge on any atom is 0.255 e. The molecule has 0 bridgehead atoms. The topological polar surface area (TPSA) is 95.7 Å². The van der Waals surface area contributed by atoms with E-state index in [-0.39, 0.29) is 18.6 Å². The van der Waals surface area contributed by atoms with Crippen molar-refractivity contribution in [2.24, 2.45) is 0 Å². The van der Waals surface area contributed by atoms with Crippen LogP contribution in [0, 0.1) is 0 Å². The van der Waals surface area contributed by atoms with Gasteiger partial charge >= 0.3 is 0 Å². The van der Waals surface area contributed by atoms with Crippen molar-refractivity contribution < 1.29 is 23.5 Å². The zero-order chi connectivity index (χ0) is 18.4. The van der Waals surface area contributed by atoms with Gasteiger partial charge in [-0.1, -0.05) is 5.16 Å². The predicted octanol–water partition coefficient (Wildman–Crippen LogP) is 2.65. The molecule has 1 amide bonds. The largest absolute Gasteiger partial charge is 0.490 e. The number of rotatable bonds is 8. The van der Waals surface area contributed by atoms with Gasteiger partial charge < -0.3 is 24.1 Å². The van der Waals surface area contributed by atoms with Crippen molar-refractivity contribution in [2.45, 2.75) is 39.3 Å². The number of benzene rings is 1. The smallest absolute Gasteiger partial charge is 0.255 e. The van der Waals surface area contributed by atoms with Crippen molar-refractivity contribution in [1.82, 2.24) is 15.5 Å². The summed E-state index contributed by atoms with van der Waals surface area (Å²) >= 11 is 0. The van der Waals surface area contributed by atoms with Crippen molar-refractivity contribution in [3.8, 4) is 11.5 Å². The number of ether oxygens (including phenoxy) is 3. The van der Waals surface area contributed by atoms with Crippen LogP contribution in [-0.4, -0.2) is 35.9 Å². The molecule has 1 aliphatic rings. The second kappa shape index (κ2) is 8.66. The molecular formula is C18H23N3O5. The number of hydrogen-bond acceptors (Lipinski definition) is 7. The Balaban J connectivity index is 1.61. The summed E-state index contributed by atoms with van der Waals surface area (Å²) in [6.45, 7) is 5.66. The van der Waals surface area contributed by atoms with Gasteiger partial charge in [0, 0.05) is 12.2 Å². The highest BCUT2D eigenvalue weighted by molar-refractivity contribution is 5.94. The molecule has 1 atom stereocenters. The first kappa shape index (κ1) is 18.2. The summed E-state index contributed by atoms with van der Waals surface area (Å²) in [5, 5.41) is 6.67. The van der Waals surface area contributed by atoms with Gasteiger partial charge in [0.2, 0.25) is 0 Å². The molecule has 1 N–H and O–H groups in total. The summed E-state index contributed by atoms with van der Waals surface area (Å²) in [5.41, 5.74) is 0.472. The first-order valence-corrected chi connectivity index (χ1v) is 8.83. The number of carbonyl (C=O) groups excluding carboxylic acids is 1. The van der Waals surface area contributed by atoms with Crippen LogP contribution in [0.2, 0.25) is 0 Å². The molecule has 140 valence electrons. The molecule has 3 rings (SSSR count). The van der Waals surface area contributed by atoms with Crippen LogP contribution in [0.1, 0.15) is 54.9 Å². The van der Waals surface area contributed by atoms with Gasteiger partial charge in [0.25, 0.3) is 11.8 Å². The normalized spacial score (nSPS) is 16.5. The summed E-state index contributed by atoms with van der Waals surface area (Å²) in [6, 6.07) is 5.09. The number of nitrogens with one attached hydrogen (secondary N) is 1. The van der Waals surface area contributed by atoms with Crippen LogP contribution in [-0.2, 0) is 11.3 Å². The van der Waals surface area contributed by atoms with E-state index in [0.29, 0.717) is 48.6 Å². The molecular weight excluding hydrogens is 338 g/mol. The van der Waals surface area contributed by atoms with Gasteiger partial charge in [-0.2, -0.15) is 4.98 Å². The van der Waals surface area contributed by atoms with Crippen molar-refractivity contribution in [2.75, 3.05) is 19.8 Å². The van der Waals surface area contributed by atoms with E-state index in [9.17, 15) is 4.79 Å². The zero-order valence-corrected chi connectivity index (χ0v) is 15.0. The third-order valence-electron chi connectivity index (χ3n) is 3.90. The van der Waals surface area contributed by atoms with Crippen LogP contribution in [0.25, 0.3) is 0 Å². The zero-order valence-electron chi connectivity index (χ0n) is 15.0. The minimum absolute atomic E-state index is 0.133. The fourth-order valence-electron chi connectivity index (χ4n) is 2.70. The van der Waals surface area contributed by atoms with Gasteiger partial charge in [-0.25, -0.2) is 0 Å². The number of carbonyl (C=O) groups is 1. The number of nitrogens with zero attached hydrogens (tertiary/aromatic N) is 2. The first-order valence-electron chi connectivity index (χ1n) is 8.83. The van der Waals surface area contributed by atoms with Gasteiger partial charge in [-0.15, -0.1) is 0 Å². The lowest BCUT2D eigenvalue weighted by atomic mass is 10.2. The molecule has 0 saturated carbocycles. The fraction of sp³-hybridized carbons (Fsp3) is 0.500. The van der Waals surface area contributed by atoms with E-state index in [1.165, 1.54) is 0 Å². The number of aromatic nitrogens is 2. The molecule has 0 aliphatic carbocycles. The molecule has 8 heteroatoms. The Morgan fingerprint density at radius 1 is 1.27 bits per heavy atom. The van der Waals surface area contributed by atoms with Gasteiger partial charge in [0.15, 0.2) is 17.3 Å². The molecule has 1 fully saturated rings. The van der Waals surface area contributed by atoms with Crippen LogP contribution in [0.4, 0.5) is 0 Å². The Hall–Kier alpha value is -2.61. The second-order valence-corrected chi connectivity index (χ2v) is 5.76. The van der Waals surface area contributed by atoms with Crippen LogP contribution < -0.4 is 14.8 Å². The summed E-state index contributed by atoms with van der Waals surface area (Å²) in [7, 11) is 0. The maximum atomic E-state index is 12.4. The minimum atomic E-state index is -0.252. The van der Waals surface area contributed by atoms with Gasteiger partial charge in [-0.05, 0) is 44.9 Å². The summed E-state index contributed by atoms with van der Waals surface area (Å²) < 4.78 is 21.8. The van der Waals surface area contributed by atoms with E-state index in [1.807, 2.05) is 13.8 Å². The van der Waals surface area contributed by atoms with Crippen LogP contribution >= 0.6 is 0 Å². The number of amides is 1. The van der Waals surface area contributed by atoms with Crippen molar-refractivity contribution in [3.63, 3.8) is 0 Å². The van der Waals surface area contributed by atoms with E-state index < -0.39 is 0 Å². The molecule has 2 aromatic rings. The molecule has 2 heterocycles. The molecule has 1 unspecified atom stereocenters. The molecule has 26 heavy (non-hydrogen) atoms. The Kier molecular flexibility index (Phi) is 6.06. The third-order valence-corrected chi connectivity index (χ3v) is 3.90. The first-order chi connectivity index (χ1) is 12.7. The lowest BCUT2D eigenvalue weighted by Gasteiger charge is -2.12. The van der Waals surface area contributed by atoms with Gasteiger partial charge in [-0.3, -0.25) is 4.79 Å². The SMILES string of the molecule is CCOc1ccc(C(=O)NCc2noc(C3CCCO3)n2)cc1OCC. The van der Waals surface area contributed by atoms with Crippen molar-refractivity contribution in [3.05, 3.63) is 35.5 Å². The molecule has 8 nitrogen and oxygen atoms in total. The monoisotopic (exact) mass is 361 g/mol. The molecule has 1 aromatic carbocycles. The van der Waals surface area contributed by atoms with E-state index in [2.05, 4.69) is 15.5 Å². The lowest BCUT2D eigenvalue weighted by molar-refractivity contribution is 0.0835. The highest BCUT2D eigenvalue weighted by atomic mass is 16.5. The Morgan fingerprint density at radius 2 is 2.08 bits per heavy atom. The predicted molar refractivity (Wildman–Crippen MR) is 92.2 cm³/mol. The molecule has 0 radical (unpaired) electrons. The minimum Gasteiger partial charge on any atom is -0.490 e. The summed E-state index contributed by atoms with van der Waals surface area (Å²) in [4.78, 5) is 16.7. The summed E-state index contributed by atoms with van der Waals surface area (Å²) in [6.07, 6.45) is 1.73. The van der Waals surface area contributed by atoms with Crippen molar-refractivity contribution >= 4 is 5.91 Å². The van der Waals surface area contributed by atoms with E-state index in [4.69, 9.17) is 18.7 Å².